The van der Waals surface area contributed by atoms with Crippen LogP contribution in [0.5, 0.6) is 0 Å². The lowest BCUT2D eigenvalue weighted by atomic mass is 10.4. The minimum absolute atomic E-state index is 0.231. The van der Waals surface area contributed by atoms with E-state index in [2.05, 4.69) is 4.79 Å². The minimum atomic E-state index is -4.71. The highest BCUT2D eigenvalue weighted by molar-refractivity contribution is 8.31. The highest BCUT2D eigenvalue weighted by Crippen LogP contribution is 2.27. The molecule has 21 heavy (non-hydrogen) atoms. The number of halogens is 3. The summed E-state index contributed by atoms with van der Waals surface area (Å²) in [5.74, 6) is -1.21. The van der Waals surface area contributed by atoms with Gasteiger partial charge in [0, 0.05) is 6.08 Å². The summed E-state index contributed by atoms with van der Waals surface area (Å²) in [6.45, 7) is 0. The van der Waals surface area contributed by atoms with E-state index in [9.17, 15) is 30.0 Å². The second-order valence-corrected chi connectivity index (χ2v) is 8.89. The molecule has 1 rings (SSSR count). The zero-order valence-corrected chi connectivity index (χ0v) is 12.4. The third-order valence-corrected chi connectivity index (χ3v) is 7.58. The summed E-state index contributed by atoms with van der Waals surface area (Å²) in [7, 11) is -9.04. The molecule has 0 bridgehead atoms. The van der Waals surface area contributed by atoms with Crippen molar-refractivity contribution in [2.75, 3.05) is 5.75 Å². The Balaban J connectivity index is 3.04. The fourth-order valence-corrected chi connectivity index (χ4v) is 6.01. The van der Waals surface area contributed by atoms with Gasteiger partial charge < -0.3 is 5.53 Å². The summed E-state index contributed by atoms with van der Waals surface area (Å²) < 4.78 is 81.9. The quantitative estimate of drug-likeness (QED) is 0.254. The Bertz CT molecular complexity index is 668. The first-order chi connectivity index (χ1) is 9.50. The van der Waals surface area contributed by atoms with E-state index in [-0.39, 0.29) is 25.0 Å². The Morgan fingerprint density at radius 1 is 1.19 bits per heavy atom. The maximum atomic E-state index is 12.1. The van der Waals surface area contributed by atoms with Crippen LogP contribution >= 0.6 is 0 Å². The molecule has 0 unspecified atom stereocenters. The van der Waals surface area contributed by atoms with Gasteiger partial charge >= 0.3 is 10.6 Å². The molecule has 0 aromatic heterocycles. The first-order valence-electron chi connectivity index (χ1n) is 5.94. The number of allylic oxidation sites excluding steroid dienone is 1. The molecule has 1 aliphatic rings. The van der Waals surface area contributed by atoms with Crippen molar-refractivity contribution in [3.63, 3.8) is 0 Å². The Morgan fingerprint density at radius 2 is 1.71 bits per heavy atom. The third-order valence-electron chi connectivity index (χ3n) is 2.95. The van der Waals surface area contributed by atoms with E-state index in [1.54, 1.807) is 0 Å². The third kappa shape index (κ3) is 4.65. The van der Waals surface area contributed by atoms with Crippen LogP contribution in [0.1, 0.15) is 25.7 Å². The smallest absolute Gasteiger partial charge is 0.359 e. The summed E-state index contributed by atoms with van der Waals surface area (Å²) in [4.78, 5) is 2.32. The van der Waals surface area contributed by atoms with Gasteiger partial charge in [-0.2, -0.15) is 13.2 Å². The van der Waals surface area contributed by atoms with E-state index in [0.29, 0.717) is 12.8 Å². The molecule has 1 saturated carbocycles. The van der Waals surface area contributed by atoms with Gasteiger partial charge in [0.05, 0.1) is 11.0 Å². The van der Waals surface area contributed by atoms with Gasteiger partial charge in [0.1, 0.15) is 0 Å². The molecule has 0 aromatic rings. The Hall–Kier alpha value is -1.19. The molecule has 11 heteroatoms. The SMILES string of the molecule is [N-]=[N+]=C(S(=O)(=O)CC=CC(F)(F)F)S(=O)(=O)C1CCCC1. The van der Waals surface area contributed by atoms with E-state index in [1.165, 1.54) is 0 Å². The van der Waals surface area contributed by atoms with Gasteiger partial charge in [-0.25, -0.2) is 16.8 Å². The molecule has 120 valence electrons. The topological polar surface area (TPSA) is 105 Å². The molecule has 0 heterocycles. The van der Waals surface area contributed by atoms with Gasteiger partial charge in [0.15, 0.2) is 0 Å². The predicted molar refractivity (Wildman–Crippen MR) is 68.8 cm³/mol. The van der Waals surface area contributed by atoms with Crippen molar-refractivity contribution in [1.82, 2.24) is 0 Å². The van der Waals surface area contributed by atoms with Crippen LogP contribution in [0.2, 0.25) is 0 Å². The van der Waals surface area contributed by atoms with Crippen molar-refractivity contribution >= 4 is 24.1 Å². The largest absolute Gasteiger partial charge is 0.495 e. The van der Waals surface area contributed by atoms with Crippen LogP contribution in [0.15, 0.2) is 12.2 Å². The molecule has 6 nitrogen and oxygen atoms in total. The van der Waals surface area contributed by atoms with Crippen molar-refractivity contribution in [2.24, 2.45) is 0 Å². The molecule has 1 aliphatic carbocycles. The van der Waals surface area contributed by atoms with Crippen LogP contribution in [0.4, 0.5) is 13.2 Å². The molecular weight excluding hydrogens is 333 g/mol. The van der Waals surface area contributed by atoms with Gasteiger partial charge in [-0.3, -0.25) is 0 Å². The van der Waals surface area contributed by atoms with Gasteiger partial charge in [-0.15, -0.1) is 4.79 Å². The number of alkyl halides is 3. The molecule has 0 aromatic carbocycles. The van der Waals surface area contributed by atoms with Crippen LogP contribution in [0.3, 0.4) is 0 Å². The van der Waals surface area contributed by atoms with E-state index in [4.69, 9.17) is 5.53 Å². The average molecular weight is 346 g/mol. The summed E-state index contributed by atoms with van der Waals surface area (Å²) in [5, 5.41) is -0.982. The van der Waals surface area contributed by atoms with E-state index >= 15 is 0 Å². The number of hydrogen-bond acceptors (Lipinski definition) is 4. The second-order valence-electron chi connectivity index (χ2n) is 4.54. The van der Waals surface area contributed by atoms with Crippen LogP contribution < -0.4 is 0 Å². The Kier molecular flexibility index (Phi) is 5.35. The highest BCUT2D eigenvalue weighted by atomic mass is 32.3. The van der Waals surface area contributed by atoms with E-state index in [1.807, 2.05) is 0 Å². The fraction of sp³-hybridized carbons (Fsp3) is 0.700. The van der Waals surface area contributed by atoms with E-state index < -0.39 is 41.2 Å². The molecule has 0 aliphatic heterocycles. The lowest BCUT2D eigenvalue weighted by molar-refractivity contribution is -0.0799. The van der Waals surface area contributed by atoms with Gasteiger partial charge in [0.25, 0.3) is 19.7 Å². The standard InChI is InChI=1S/C10H13F3N2O4S2/c11-10(12,13)6-3-7-20(16,17)9(15-14)21(18,19)8-4-1-2-5-8/h3,6,8H,1-2,4-5,7H2. The maximum absolute atomic E-state index is 12.1. The first-order valence-corrected chi connectivity index (χ1v) is 9.14. The summed E-state index contributed by atoms with van der Waals surface area (Å²) in [6, 6.07) is 0. The number of nitrogens with zero attached hydrogens (tertiary/aromatic N) is 2. The minimum Gasteiger partial charge on any atom is -0.359 e. The van der Waals surface area contributed by atoms with Gasteiger partial charge in [0.2, 0.25) is 0 Å². The highest BCUT2D eigenvalue weighted by Gasteiger charge is 2.46. The van der Waals surface area contributed by atoms with Crippen LogP contribution in [-0.2, 0) is 19.7 Å². The fourth-order valence-electron chi connectivity index (χ4n) is 2.02. The molecule has 0 spiro atoms. The molecule has 0 N–H and O–H groups in total. The lowest BCUT2D eigenvalue weighted by Crippen LogP contribution is -2.34. The predicted octanol–water partition coefficient (Wildman–Crippen LogP) is 1.46. The van der Waals surface area contributed by atoms with Crippen LogP contribution in [-0.4, -0.2) is 43.2 Å². The second kappa shape index (κ2) is 6.29. The van der Waals surface area contributed by atoms with E-state index in [0.717, 1.165) is 0 Å². The first kappa shape index (κ1) is 17.9. The van der Waals surface area contributed by atoms with Crippen molar-refractivity contribution in [2.45, 2.75) is 37.1 Å². The Labute approximate surface area is 120 Å². The monoisotopic (exact) mass is 346 g/mol. The number of sulfone groups is 2. The molecule has 0 radical (unpaired) electrons. The zero-order chi connectivity index (χ0) is 16.3. The molecule has 0 atom stereocenters. The number of hydrogen-bond donors (Lipinski definition) is 0. The molecule has 0 amide bonds. The number of rotatable bonds is 3. The Morgan fingerprint density at radius 3 is 2.14 bits per heavy atom. The summed E-state index contributed by atoms with van der Waals surface area (Å²) in [5.41, 5.74) is 8.70. The zero-order valence-electron chi connectivity index (χ0n) is 10.7. The van der Waals surface area contributed by atoms with Crippen molar-refractivity contribution < 1.29 is 34.8 Å². The van der Waals surface area contributed by atoms with Crippen molar-refractivity contribution in [3.05, 3.63) is 17.7 Å². The van der Waals surface area contributed by atoms with Crippen molar-refractivity contribution in [3.8, 4) is 0 Å². The molecule has 1 fully saturated rings. The maximum Gasteiger partial charge on any atom is 0.495 e. The lowest BCUT2D eigenvalue weighted by Gasteiger charge is -2.06. The van der Waals surface area contributed by atoms with Crippen LogP contribution in [0.25, 0.3) is 5.53 Å². The van der Waals surface area contributed by atoms with Crippen molar-refractivity contribution in [1.29, 1.82) is 0 Å². The molecule has 0 saturated heterocycles. The average Bonchev–Trinajstić information content (AvgIpc) is 2.80. The van der Waals surface area contributed by atoms with Gasteiger partial charge in [-0.05, 0) is 12.8 Å². The summed E-state index contributed by atoms with van der Waals surface area (Å²) in [6.07, 6.45) is -3.11. The molecular formula is C10H13F3N2O4S2. The van der Waals surface area contributed by atoms with Crippen LogP contribution in [0, 0.1) is 0 Å². The normalized spacial score (nSPS) is 18.0. The summed E-state index contributed by atoms with van der Waals surface area (Å²) >= 11 is 0. The van der Waals surface area contributed by atoms with Gasteiger partial charge in [-0.1, -0.05) is 18.9 Å².